The number of hydrogen-bond acceptors (Lipinski definition) is 3. The van der Waals surface area contributed by atoms with Crippen LogP contribution in [0.2, 0.25) is 0 Å². The molecule has 106 valence electrons. The first kappa shape index (κ1) is 14.6. The van der Waals surface area contributed by atoms with Crippen molar-refractivity contribution >= 4 is 27.4 Å². The monoisotopic (exact) mass is 325 g/mol. The zero-order valence-corrected chi connectivity index (χ0v) is 13.9. The molecular weight excluding hydrogens is 302 g/mol. The maximum atomic E-state index is 5.89. The van der Waals surface area contributed by atoms with E-state index in [1.54, 1.807) is 6.20 Å². The van der Waals surface area contributed by atoms with Crippen LogP contribution in [0.25, 0.3) is 0 Å². The molecule has 0 amide bonds. The Kier molecular flexibility index (Phi) is 4.09. The van der Waals surface area contributed by atoms with Gasteiger partial charge >= 0.3 is 0 Å². The molecule has 1 aliphatic rings. The van der Waals surface area contributed by atoms with Crippen LogP contribution in [0.4, 0.5) is 11.5 Å². The number of hydrogen-bond donors (Lipinski definition) is 1. The number of anilines is 2. The number of nitrogens with two attached hydrogens (primary N) is 1. The molecule has 1 saturated heterocycles. The molecule has 0 radical (unpaired) electrons. The first-order valence-electron chi connectivity index (χ1n) is 6.96. The highest BCUT2D eigenvalue weighted by molar-refractivity contribution is 9.10. The van der Waals surface area contributed by atoms with Crippen LogP contribution in [0.5, 0.6) is 0 Å². The van der Waals surface area contributed by atoms with E-state index in [0.29, 0.717) is 5.41 Å². The van der Waals surface area contributed by atoms with Crippen molar-refractivity contribution in [3.05, 3.63) is 16.2 Å². The summed E-state index contributed by atoms with van der Waals surface area (Å²) < 4.78 is 1.04. The Hall–Kier alpha value is -0.770. The summed E-state index contributed by atoms with van der Waals surface area (Å²) in [6.07, 6.45) is 4.24. The molecule has 3 nitrogen and oxygen atoms in total. The fourth-order valence-corrected chi connectivity index (χ4v) is 3.34. The third-order valence-corrected chi connectivity index (χ3v) is 5.25. The molecule has 0 aromatic carbocycles. The smallest absolute Gasteiger partial charge is 0.143 e. The zero-order chi connectivity index (χ0) is 14.2. The highest BCUT2D eigenvalue weighted by Gasteiger charge is 2.29. The standard InChI is InChI=1S/C15H24BrN3/c1-10-12(17)9-18-14(13(10)16)19-7-5-11(6-8-19)15(2,3)4/h9,11H,5-8,17H2,1-4H3. The van der Waals surface area contributed by atoms with E-state index in [4.69, 9.17) is 5.73 Å². The molecule has 2 N–H and O–H groups in total. The number of nitrogen functional groups attached to an aromatic ring is 1. The summed E-state index contributed by atoms with van der Waals surface area (Å²) in [7, 11) is 0. The molecule has 1 aromatic rings. The molecule has 2 rings (SSSR count). The molecule has 0 aliphatic carbocycles. The topological polar surface area (TPSA) is 42.1 Å². The number of piperidine rings is 1. The van der Waals surface area contributed by atoms with Crippen molar-refractivity contribution < 1.29 is 0 Å². The summed E-state index contributed by atoms with van der Waals surface area (Å²) in [6, 6.07) is 0. The van der Waals surface area contributed by atoms with Gasteiger partial charge in [0.2, 0.25) is 0 Å². The third-order valence-electron chi connectivity index (χ3n) is 4.30. The molecule has 4 heteroatoms. The van der Waals surface area contributed by atoms with Crippen LogP contribution in [0.15, 0.2) is 10.7 Å². The van der Waals surface area contributed by atoms with Crippen molar-refractivity contribution in [3.63, 3.8) is 0 Å². The number of rotatable bonds is 1. The van der Waals surface area contributed by atoms with Crippen molar-refractivity contribution in [3.8, 4) is 0 Å². The van der Waals surface area contributed by atoms with Crippen molar-refractivity contribution in [2.45, 2.75) is 40.5 Å². The van der Waals surface area contributed by atoms with Gasteiger partial charge in [-0.1, -0.05) is 20.8 Å². The largest absolute Gasteiger partial charge is 0.397 e. The quantitative estimate of drug-likeness (QED) is 0.848. The Morgan fingerprint density at radius 2 is 1.89 bits per heavy atom. The van der Waals surface area contributed by atoms with Crippen LogP contribution < -0.4 is 10.6 Å². The molecule has 19 heavy (non-hydrogen) atoms. The van der Waals surface area contributed by atoms with Crippen LogP contribution in [-0.4, -0.2) is 18.1 Å². The van der Waals surface area contributed by atoms with E-state index < -0.39 is 0 Å². The Bertz CT molecular complexity index is 457. The molecule has 1 aromatic heterocycles. The van der Waals surface area contributed by atoms with Gasteiger partial charge in [-0.25, -0.2) is 4.98 Å². The second kappa shape index (κ2) is 5.31. The highest BCUT2D eigenvalue weighted by Crippen LogP contribution is 2.37. The minimum atomic E-state index is 0.410. The van der Waals surface area contributed by atoms with E-state index >= 15 is 0 Å². The number of nitrogens with zero attached hydrogens (tertiary/aromatic N) is 2. The maximum Gasteiger partial charge on any atom is 0.143 e. The lowest BCUT2D eigenvalue weighted by Crippen LogP contribution is -2.38. The van der Waals surface area contributed by atoms with Crippen molar-refractivity contribution in [1.29, 1.82) is 0 Å². The normalized spacial score (nSPS) is 17.8. The van der Waals surface area contributed by atoms with Gasteiger partial charge in [0.25, 0.3) is 0 Å². The Labute approximate surface area is 124 Å². The van der Waals surface area contributed by atoms with Crippen LogP contribution in [-0.2, 0) is 0 Å². The van der Waals surface area contributed by atoms with Gasteiger partial charge in [0.15, 0.2) is 0 Å². The molecule has 0 atom stereocenters. The summed E-state index contributed by atoms with van der Waals surface area (Å²) in [5.41, 5.74) is 8.13. The van der Waals surface area contributed by atoms with Gasteiger partial charge in [-0.15, -0.1) is 0 Å². The van der Waals surface area contributed by atoms with E-state index in [1.807, 2.05) is 6.92 Å². The van der Waals surface area contributed by atoms with Crippen LogP contribution in [0, 0.1) is 18.3 Å². The summed E-state index contributed by atoms with van der Waals surface area (Å²) in [5.74, 6) is 1.84. The lowest BCUT2D eigenvalue weighted by molar-refractivity contribution is 0.198. The van der Waals surface area contributed by atoms with Gasteiger partial charge in [-0.05, 0) is 52.6 Å². The lowest BCUT2D eigenvalue weighted by atomic mass is 9.75. The predicted molar refractivity (Wildman–Crippen MR) is 85.5 cm³/mol. The Balaban J connectivity index is 2.12. The van der Waals surface area contributed by atoms with Gasteiger partial charge < -0.3 is 10.6 Å². The van der Waals surface area contributed by atoms with Gasteiger partial charge in [0.05, 0.1) is 16.4 Å². The minimum absolute atomic E-state index is 0.410. The van der Waals surface area contributed by atoms with Gasteiger partial charge in [-0.3, -0.25) is 0 Å². The number of halogens is 1. The van der Waals surface area contributed by atoms with E-state index in [2.05, 4.69) is 46.6 Å². The fraction of sp³-hybridized carbons (Fsp3) is 0.667. The molecule has 1 fully saturated rings. The Morgan fingerprint density at radius 3 is 2.42 bits per heavy atom. The van der Waals surface area contributed by atoms with Crippen LogP contribution >= 0.6 is 15.9 Å². The first-order chi connectivity index (χ1) is 8.80. The molecule has 0 spiro atoms. The molecular formula is C15H24BrN3. The molecule has 0 bridgehead atoms. The summed E-state index contributed by atoms with van der Waals surface area (Å²) in [6.45, 7) is 11.2. The SMILES string of the molecule is Cc1c(N)cnc(N2CCC(C(C)(C)C)CC2)c1Br. The van der Waals surface area contributed by atoms with Crippen LogP contribution in [0.1, 0.15) is 39.2 Å². The molecule has 0 saturated carbocycles. The highest BCUT2D eigenvalue weighted by atomic mass is 79.9. The van der Waals surface area contributed by atoms with Crippen LogP contribution in [0.3, 0.4) is 0 Å². The zero-order valence-electron chi connectivity index (χ0n) is 12.3. The fourth-order valence-electron chi connectivity index (χ4n) is 2.76. The minimum Gasteiger partial charge on any atom is -0.397 e. The second-order valence-corrected chi connectivity index (χ2v) is 7.40. The number of pyridine rings is 1. The van der Waals surface area contributed by atoms with E-state index in [-0.39, 0.29) is 0 Å². The summed E-state index contributed by atoms with van der Waals surface area (Å²) in [5, 5.41) is 0. The van der Waals surface area contributed by atoms with Gasteiger partial charge in [-0.2, -0.15) is 0 Å². The Morgan fingerprint density at radius 1 is 1.32 bits per heavy atom. The van der Waals surface area contributed by atoms with Gasteiger partial charge in [0, 0.05) is 13.1 Å². The van der Waals surface area contributed by atoms with Crippen molar-refractivity contribution in [2.24, 2.45) is 11.3 Å². The lowest BCUT2D eigenvalue weighted by Gasteiger charge is -2.39. The number of aromatic nitrogens is 1. The summed E-state index contributed by atoms with van der Waals surface area (Å²) >= 11 is 3.64. The van der Waals surface area contributed by atoms with E-state index in [1.165, 1.54) is 12.8 Å². The second-order valence-electron chi connectivity index (χ2n) is 6.60. The molecule has 2 heterocycles. The first-order valence-corrected chi connectivity index (χ1v) is 7.75. The summed E-state index contributed by atoms with van der Waals surface area (Å²) in [4.78, 5) is 6.88. The van der Waals surface area contributed by atoms with Crippen molar-refractivity contribution in [1.82, 2.24) is 4.98 Å². The van der Waals surface area contributed by atoms with Crippen molar-refractivity contribution in [2.75, 3.05) is 23.7 Å². The van der Waals surface area contributed by atoms with E-state index in [9.17, 15) is 0 Å². The molecule has 1 aliphatic heterocycles. The van der Waals surface area contributed by atoms with Gasteiger partial charge in [0.1, 0.15) is 5.82 Å². The maximum absolute atomic E-state index is 5.89. The predicted octanol–water partition coefficient (Wildman–Crippen LogP) is 4.00. The van der Waals surface area contributed by atoms with E-state index in [0.717, 1.165) is 40.5 Å². The average Bonchev–Trinajstić information content (AvgIpc) is 2.35. The molecule has 0 unspecified atom stereocenters. The average molecular weight is 326 g/mol. The third kappa shape index (κ3) is 3.04.